The van der Waals surface area contributed by atoms with Crippen LogP contribution < -0.4 is 15.6 Å². The third-order valence-corrected chi connectivity index (χ3v) is 5.16. The number of fused-ring (bicyclic) bond motifs is 5. The number of carbonyl (C=O) groups is 2. The highest BCUT2D eigenvalue weighted by atomic mass is 16.3. The molecule has 3 heterocycles. The van der Waals surface area contributed by atoms with Crippen molar-refractivity contribution in [1.29, 1.82) is 0 Å². The molecule has 2 aliphatic heterocycles. The van der Waals surface area contributed by atoms with E-state index in [1.807, 2.05) is 6.07 Å². The van der Waals surface area contributed by atoms with Crippen molar-refractivity contribution < 1.29 is 14.0 Å². The summed E-state index contributed by atoms with van der Waals surface area (Å²) in [6, 6.07) is 13.8. The van der Waals surface area contributed by atoms with Gasteiger partial charge in [-0.3, -0.25) is 14.4 Å². The van der Waals surface area contributed by atoms with Crippen molar-refractivity contribution in [2.45, 2.75) is 5.54 Å². The lowest BCUT2D eigenvalue weighted by Gasteiger charge is -2.23. The predicted molar refractivity (Wildman–Crippen MR) is 99.7 cm³/mol. The van der Waals surface area contributed by atoms with Crippen LogP contribution in [0.25, 0.3) is 11.0 Å². The summed E-state index contributed by atoms with van der Waals surface area (Å²) in [7, 11) is 0. The molecule has 0 fully saturated rings. The van der Waals surface area contributed by atoms with Crippen LogP contribution in [0, 0.1) is 0 Å². The number of carbonyl (C=O) groups excluding carboxylic acids is 2. The fourth-order valence-corrected chi connectivity index (χ4v) is 4.06. The van der Waals surface area contributed by atoms with Crippen LogP contribution in [0.2, 0.25) is 0 Å². The fraction of sp³-hybridized carbons (Fsp3) is 0.0952. The second kappa shape index (κ2) is 5.17. The van der Waals surface area contributed by atoms with E-state index in [0.717, 1.165) is 0 Å². The summed E-state index contributed by atoms with van der Waals surface area (Å²) < 4.78 is 5.74. The van der Waals surface area contributed by atoms with Crippen molar-refractivity contribution in [3.8, 4) is 0 Å². The smallest absolute Gasteiger partial charge is 0.288 e. The zero-order valence-corrected chi connectivity index (χ0v) is 14.2. The number of amides is 2. The third kappa shape index (κ3) is 1.76. The molecule has 1 unspecified atom stereocenters. The zero-order chi connectivity index (χ0) is 18.8. The maximum atomic E-state index is 13.5. The van der Waals surface area contributed by atoms with Gasteiger partial charge in [-0.05, 0) is 18.2 Å². The van der Waals surface area contributed by atoms with E-state index in [4.69, 9.17) is 4.42 Å². The van der Waals surface area contributed by atoms with E-state index >= 15 is 0 Å². The van der Waals surface area contributed by atoms with E-state index in [2.05, 4.69) is 11.9 Å². The Labute approximate surface area is 153 Å². The number of para-hydroxylation sites is 2. The summed E-state index contributed by atoms with van der Waals surface area (Å²) in [6.45, 7) is 3.97. The highest BCUT2D eigenvalue weighted by molar-refractivity contribution is 6.17. The number of anilines is 1. The average molecular weight is 358 g/mol. The Morgan fingerprint density at radius 3 is 2.63 bits per heavy atom. The maximum Gasteiger partial charge on any atom is 0.288 e. The van der Waals surface area contributed by atoms with Crippen LogP contribution in [0.1, 0.15) is 21.7 Å². The van der Waals surface area contributed by atoms with Crippen molar-refractivity contribution in [3.05, 3.63) is 88.3 Å². The van der Waals surface area contributed by atoms with Crippen molar-refractivity contribution >= 4 is 28.5 Å². The van der Waals surface area contributed by atoms with Crippen LogP contribution in [0.4, 0.5) is 5.69 Å². The highest BCUT2D eigenvalue weighted by Gasteiger charge is 2.60. The number of rotatable bonds is 2. The molecule has 0 saturated heterocycles. The van der Waals surface area contributed by atoms with Crippen molar-refractivity contribution in [1.82, 2.24) is 5.32 Å². The molecule has 0 aliphatic carbocycles. The van der Waals surface area contributed by atoms with Gasteiger partial charge in [0.05, 0.1) is 16.6 Å². The molecular formula is C21H14N2O4. The van der Waals surface area contributed by atoms with Crippen molar-refractivity contribution in [3.63, 3.8) is 0 Å². The lowest BCUT2D eigenvalue weighted by atomic mass is 9.85. The molecule has 2 aliphatic rings. The van der Waals surface area contributed by atoms with E-state index in [1.54, 1.807) is 48.5 Å². The van der Waals surface area contributed by atoms with Gasteiger partial charge in [-0.2, -0.15) is 0 Å². The van der Waals surface area contributed by atoms with Crippen LogP contribution in [-0.2, 0) is 10.3 Å². The van der Waals surface area contributed by atoms with Crippen molar-refractivity contribution in [2.75, 3.05) is 11.4 Å². The molecule has 6 heteroatoms. The average Bonchev–Trinajstić information content (AvgIpc) is 3.11. The second-order valence-electron chi connectivity index (χ2n) is 6.56. The zero-order valence-electron chi connectivity index (χ0n) is 14.2. The van der Waals surface area contributed by atoms with Gasteiger partial charge in [0.1, 0.15) is 5.58 Å². The Kier molecular flexibility index (Phi) is 2.98. The molecule has 2 amide bonds. The minimum atomic E-state index is -1.57. The third-order valence-electron chi connectivity index (χ3n) is 5.16. The standard InChI is InChI=1S/C21H14N2O4/c1-2-11-23-14-9-5-4-8-13(14)21(20(23)26)16-17(24)12-7-3-6-10-15(12)27-18(16)19(25)22-21/h2-10H,1,11H2,(H,22,25). The first-order valence-corrected chi connectivity index (χ1v) is 8.51. The second-order valence-corrected chi connectivity index (χ2v) is 6.56. The first-order chi connectivity index (χ1) is 13.1. The quantitative estimate of drug-likeness (QED) is 0.713. The molecule has 132 valence electrons. The Bertz CT molecular complexity index is 1230. The van der Waals surface area contributed by atoms with Crippen LogP contribution in [0.15, 0.2) is 70.4 Å². The monoisotopic (exact) mass is 358 g/mol. The van der Waals surface area contributed by atoms with Gasteiger partial charge in [-0.1, -0.05) is 36.4 Å². The minimum Gasteiger partial charge on any atom is -0.450 e. The number of hydrogen-bond donors (Lipinski definition) is 1. The Hall–Kier alpha value is -3.67. The van der Waals surface area contributed by atoms with Gasteiger partial charge in [0.15, 0.2) is 11.0 Å². The molecule has 1 atom stereocenters. The number of hydrogen-bond acceptors (Lipinski definition) is 4. The van der Waals surface area contributed by atoms with Crippen LogP contribution in [-0.4, -0.2) is 18.4 Å². The van der Waals surface area contributed by atoms with Crippen LogP contribution >= 0.6 is 0 Å². The first-order valence-electron chi connectivity index (χ1n) is 8.51. The molecule has 0 radical (unpaired) electrons. The van der Waals surface area contributed by atoms with Crippen molar-refractivity contribution in [2.24, 2.45) is 0 Å². The van der Waals surface area contributed by atoms with Gasteiger partial charge in [0, 0.05) is 12.1 Å². The minimum absolute atomic E-state index is 0.0511. The lowest BCUT2D eigenvalue weighted by Crippen LogP contribution is -2.51. The largest absolute Gasteiger partial charge is 0.450 e. The van der Waals surface area contributed by atoms with Gasteiger partial charge in [0.2, 0.25) is 5.76 Å². The summed E-state index contributed by atoms with van der Waals surface area (Å²) in [5, 5.41) is 3.08. The van der Waals surface area contributed by atoms with Gasteiger partial charge in [-0.25, -0.2) is 0 Å². The fourth-order valence-electron chi connectivity index (χ4n) is 4.06. The summed E-state index contributed by atoms with van der Waals surface area (Å²) in [4.78, 5) is 41.0. The summed E-state index contributed by atoms with van der Waals surface area (Å²) in [5.74, 6) is -1.07. The summed E-state index contributed by atoms with van der Waals surface area (Å²) >= 11 is 0. The van der Waals surface area contributed by atoms with E-state index in [1.165, 1.54) is 4.90 Å². The van der Waals surface area contributed by atoms with Gasteiger partial charge < -0.3 is 14.6 Å². The van der Waals surface area contributed by atoms with Crippen LogP contribution in [0.3, 0.4) is 0 Å². The van der Waals surface area contributed by atoms with E-state index in [0.29, 0.717) is 22.2 Å². The van der Waals surface area contributed by atoms with Gasteiger partial charge >= 0.3 is 0 Å². The normalized spacial score (nSPS) is 20.1. The molecule has 2 aromatic carbocycles. The molecule has 1 N–H and O–H groups in total. The topological polar surface area (TPSA) is 79.6 Å². The predicted octanol–water partition coefficient (Wildman–Crippen LogP) is 2.31. The highest BCUT2D eigenvalue weighted by Crippen LogP contribution is 2.47. The maximum absolute atomic E-state index is 13.5. The molecule has 6 nitrogen and oxygen atoms in total. The molecule has 0 bridgehead atoms. The first kappa shape index (κ1) is 15.6. The van der Waals surface area contributed by atoms with Gasteiger partial charge in [-0.15, -0.1) is 6.58 Å². The summed E-state index contributed by atoms with van der Waals surface area (Å²) in [6.07, 6.45) is 1.61. The van der Waals surface area contributed by atoms with E-state index in [9.17, 15) is 14.4 Å². The van der Waals surface area contributed by atoms with Gasteiger partial charge in [0.25, 0.3) is 11.8 Å². The number of benzene rings is 2. The summed E-state index contributed by atoms with van der Waals surface area (Å²) in [5.41, 5.74) is -0.384. The molecule has 3 aromatic rings. The van der Waals surface area contributed by atoms with E-state index < -0.39 is 17.4 Å². The molecule has 1 aromatic heterocycles. The van der Waals surface area contributed by atoms with E-state index in [-0.39, 0.29) is 23.3 Å². The SMILES string of the molecule is C=CCN1C(=O)C2(NC(=O)c3oc4ccccc4c(=O)c32)c2ccccc21. The molecule has 1 spiro atoms. The Balaban J connectivity index is 1.90. The molecule has 0 saturated carbocycles. The Morgan fingerprint density at radius 1 is 1.07 bits per heavy atom. The molecule has 5 rings (SSSR count). The Morgan fingerprint density at radius 2 is 1.81 bits per heavy atom. The lowest BCUT2D eigenvalue weighted by molar-refractivity contribution is -0.122. The molecule has 27 heavy (non-hydrogen) atoms. The number of nitrogens with one attached hydrogen (secondary N) is 1. The molecular weight excluding hydrogens is 344 g/mol. The number of nitrogens with zero attached hydrogens (tertiary/aromatic N) is 1. The van der Waals surface area contributed by atoms with Crippen LogP contribution in [0.5, 0.6) is 0 Å².